The van der Waals surface area contributed by atoms with Gasteiger partial charge in [-0.15, -0.1) is 0 Å². The summed E-state index contributed by atoms with van der Waals surface area (Å²) >= 11 is 0. The Balaban J connectivity index is 0.808. The summed E-state index contributed by atoms with van der Waals surface area (Å²) in [6.45, 7) is 8.40. The van der Waals surface area contributed by atoms with Crippen LogP contribution in [-0.4, -0.2) is 106 Å². The molecule has 5 bridgehead atoms. The largest absolute Gasteiger partial charge is 0.469 e. The second-order valence-corrected chi connectivity index (χ2v) is 29.3. The second kappa shape index (κ2) is 14.8. The van der Waals surface area contributed by atoms with Crippen LogP contribution in [0.1, 0.15) is 147 Å². The lowest BCUT2D eigenvalue weighted by Crippen LogP contribution is -2.80. The quantitative estimate of drug-likeness (QED) is 0.126. The standard InChI is InChI=1S/C62H80N2O11/c1-31-38-9-4-7-32(38)12-18-57(31)16-6-17-60-45(57)23-37-22-36-8-5-15-58(36)26-35-25-55(2)51(40-14-20-71-44(40)24-41(43(66)28-65)33-10-11-39-34(21-33)13-19-64-30-63-27-42(39)64)73-54(70)52-62(55,74-52)56(3)47(35)59(48(60)46(67)50(56)68)29-72-53(69)49(58)61(37,59)75-60/h13-14,19-20,23,31-36,38-39,41-43,45,47-52,63,65-66,68H,4-12,15-18,21-22,24-30H2,1-3H3/t31-,32-,33+,34-,35-,36-,38+,39+,41+,42+,43-,45-,47+,48+,49+,50-,51+,52-,55+,56+,57+,58+,59-,60+,61+,62-/m1/s1. The van der Waals surface area contributed by atoms with Gasteiger partial charge in [0.2, 0.25) is 0 Å². The van der Waals surface area contributed by atoms with Gasteiger partial charge in [-0.25, -0.2) is 4.79 Å². The van der Waals surface area contributed by atoms with Crippen LogP contribution in [0.15, 0.2) is 40.7 Å². The third-order valence-corrected chi connectivity index (χ3v) is 27.9. The Morgan fingerprint density at radius 1 is 0.907 bits per heavy atom. The Labute approximate surface area is 441 Å². The number of aliphatic hydroxyl groups is 3. The SMILES string of the molecule is C[C@@H]1[C@@H]2CCC[C@@H]2CC[C@@]12CCC[C@]13O[C@]45C(=C[C@H]21)C[C@H]1CCC[C@]12C[C@H]1C[C@@]6(C)[C@H](c7ccoc7C[C@@H]([C@H]7CC[C@H]8[C@H](C=CN9CNC[C@@H]89)C7)[C@H](O)CO)OC(=O)[C@H]7O[C@]76[C@]6(C)[C@H](O)C(=O)[C@H]3[C@@]4(COC(=O)[C@@H]25)[C@@H]16. The zero-order chi connectivity index (χ0) is 50.8. The molecule has 14 fully saturated rings. The van der Waals surface area contributed by atoms with Crippen molar-refractivity contribution in [1.29, 1.82) is 0 Å². The van der Waals surface area contributed by atoms with Gasteiger partial charge in [-0.05, 0) is 178 Å². The van der Waals surface area contributed by atoms with Gasteiger partial charge >= 0.3 is 11.9 Å². The van der Waals surface area contributed by atoms with Crippen LogP contribution in [0.25, 0.3) is 0 Å². The van der Waals surface area contributed by atoms with Crippen LogP contribution in [0.2, 0.25) is 0 Å². The van der Waals surface area contributed by atoms with Gasteiger partial charge in [0, 0.05) is 41.3 Å². The number of fused-ring (bicyclic) bond motifs is 5. The van der Waals surface area contributed by atoms with Gasteiger partial charge in [0.05, 0.1) is 48.5 Å². The Kier molecular flexibility index (Phi) is 9.26. The van der Waals surface area contributed by atoms with Crippen molar-refractivity contribution in [2.45, 2.75) is 184 Å². The molecule has 1 aromatic rings. The first-order chi connectivity index (χ1) is 36.2. The number of nitrogens with one attached hydrogen (secondary N) is 1. The van der Waals surface area contributed by atoms with Gasteiger partial charge in [-0.2, -0.15) is 0 Å². The predicted molar refractivity (Wildman–Crippen MR) is 269 cm³/mol. The first-order valence-electron chi connectivity index (χ1n) is 30.4. The molecule has 7 aliphatic heterocycles. The van der Waals surface area contributed by atoms with Crippen LogP contribution >= 0.6 is 0 Å². The molecule has 0 radical (unpaired) electrons. The molecule has 6 spiro atoms. The molecule has 13 heteroatoms. The minimum atomic E-state index is -1.47. The van der Waals surface area contributed by atoms with Crippen molar-refractivity contribution in [2.24, 2.45) is 104 Å². The maximum Gasteiger partial charge on any atom is 0.339 e. The number of hydrogen-bond acceptors (Lipinski definition) is 13. The van der Waals surface area contributed by atoms with Gasteiger partial charge in [0.25, 0.3) is 0 Å². The zero-order valence-corrected chi connectivity index (χ0v) is 44.4. The fraction of sp³-hybridized carbons (Fsp3) is 0.823. The number of cyclic esters (lactones) is 2. The summed E-state index contributed by atoms with van der Waals surface area (Å²) in [6.07, 6.45) is 22.1. The van der Waals surface area contributed by atoms with Crippen LogP contribution in [0.5, 0.6) is 0 Å². The van der Waals surface area contributed by atoms with Crippen molar-refractivity contribution in [3.8, 4) is 0 Å². The van der Waals surface area contributed by atoms with Crippen LogP contribution in [0.3, 0.4) is 0 Å². The van der Waals surface area contributed by atoms with Crippen molar-refractivity contribution in [3.63, 3.8) is 0 Å². The lowest BCUT2D eigenvalue weighted by Gasteiger charge is -2.70. The van der Waals surface area contributed by atoms with Crippen LogP contribution in [0, 0.1) is 104 Å². The van der Waals surface area contributed by atoms with Crippen molar-refractivity contribution < 1.29 is 53.1 Å². The maximum atomic E-state index is 16.7. The fourth-order valence-corrected chi connectivity index (χ4v) is 25.8. The molecule has 75 heavy (non-hydrogen) atoms. The summed E-state index contributed by atoms with van der Waals surface area (Å²) in [6, 6.07) is 2.40. The Hall–Kier alpha value is -3.07. The zero-order valence-electron chi connectivity index (χ0n) is 44.4. The highest BCUT2D eigenvalue weighted by Crippen LogP contribution is 2.90. The van der Waals surface area contributed by atoms with E-state index in [0.717, 1.165) is 102 Å². The Morgan fingerprint density at radius 2 is 1.77 bits per heavy atom. The molecule has 0 aromatic carbocycles. The molecular formula is C62H80N2O11. The predicted octanol–water partition coefficient (Wildman–Crippen LogP) is 7.36. The number of rotatable bonds is 6. The summed E-state index contributed by atoms with van der Waals surface area (Å²) in [4.78, 5) is 49.6. The van der Waals surface area contributed by atoms with E-state index in [1.807, 2.05) is 6.07 Å². The number of ether oxygens (including phenoxy) is 4. The van der Waals surface area contributed by atoms with E-state index in [1.54, 1.807) is 6.26 Å². The summed E-state index contributed by atoms with van der Waals surface area (Å²) < 4.78 is 35.7. The highest BCUT2D eigenvalue weighted by Gasteiger charge is 2.98. The molecular weight excluding hydrogens is 949 g/mol. The summed E-state index contributed by atoms with van der Waals surface area (Å²) in [5.41, 5.74) is -4.94. The Bertz CT molecular complexity index is 2760. The minimum absolute atomic E-state index is 0.00533. The summed E-state index contributed by atoms with van der Waals surface area (Å²) in [5.74, 6) is 0.959. The molecule has 0 amide bonds. The molecule has 26 atom stereocenters. The van der Waals surface area contributed by atoms with Crippen molar-refractivity contribution >= 4 is 17.7 Å². The first-order valence-corrected chi connectivity index (χ1v) is 30.4. The van der Waals surface area contributed by atoms with E-state index in [-0.39, 0.29) is 65.9 Å². The van der Waals surface area contributed by atoms with Gasteiger partial charge in [-0.1, -0.05) is 52.2 Å². The number of nitrogens with zero attached hydrogens (tertiary/aromatic N) is 1. The minimum Gasteiger partial charge on any atom is -0.469 e. The number of esters is 2. The van der Waals surface area contributed by atoms with Gasteiger partial charge < -0.3 is 43.6 Å². The van der Waals surface area contributed by atoms with Crippen molar-refractivity contribution in [2.75, 3.05) is 26.4 Å². The summed E-state index contributed by atoms with van der Waals surface area (Å²) in [7, 11) is 0. The molecule has 5 saturated heterocycles. The van der Waals surface area contributed by atoms with Gasteiger partial charge in [-0.3, -0.25) is 14.9 Å². The average Bonchev–Trinajstić information content (AvgIpc) is 2.96. The topological polar surface area (TPSA) is 181 Å². The lowest BCUT2D eigenvalue weighted by molar-refractivity contribution is -0.282. The summed E-state index contributed by atoms with van der Waals surface area (Å²) in [5, 5.41) is 39.8. The van der Waals surface area contributed by atoms with Gasteiger partial charge in [0.15, 0.2) is 11.9 Å². The van der Waals surface area contributed by atoms with Crippen LogP contribution in [-0.2, 0) is 39.8 Å². The van der Waals surface area contributed by atoms with E-state index in [0.29, 0.717) is 48.3 Å². The molecule has 17 rings (SSSR count). The van der Waals surface area contributed by atoms with E-state index in [2.05, 4.69) is 49.3 Å². The van der Waals surface area contributed by atoms with E-state index in [1.165, 1.54) is 31.3 Å². The Morgan fingerprint density at radius 3 is 2.64 bits per heavy atom. The van der Waals surface area contributed by atoms with E-state index in [9.17, 15) is 20.1 Å². The second-order valence-electron chi connectivity index (χ2n) is 29.3. The first kappa shape index (κ1) is 46.8. The number of aliphatic hydroxyl groups excluding tert-OH is 3. The number of ketones is 1. The third-order valence-electron chi connectivity index (χ3n) is 27.9. The number of carbonyl (C=O) groups excluding carboxylic acids is 3. The molecule has 1 aromatic heterocycles. The number of epoxide rings is 1. The fourth-order valence-electron chi connectivity index (χ4n) is 25.8. The molecule has 9 aliphatic carbocycles. The lowest BCUT2D eigenvalue weighted by atomic mass is 9.32. The molecule has 0 unspecified atom stereocenters. The molecule has 4 N–H and O–H groups in total. The maximum absolute atomic E-state index is 16.7. The highest BCUT2D eigenvalue weighted by atomic mass is 16.7. The van der Waals surface area contributed by atoms with Crippen LogP contribution in [0.4, 0.5) is 0 Å². The average molecular weight is 1030 g/mol. The number of furan rings is 1. The number of allylic oxidation sites excluding steroid dienone is 1. The number of Topliss-reactive ketones (excluding diaryl/α,β-unsaturated/α-hetero) is 1. The van der Waals surface area contributed by atoms with E-state index in [4.69, 9.17) is 23.4 Å². The van der Waals surface area contributed by atoms with E-state index < -0.39 is 80.7 Å². The molecule has 404 valence electrons. The van der Waals surface area contributed by atoms with Crippen LogP contribution < -0.4 is 5.32 Å². The monoisotopic (exact) mass is 1030 g/mol. The number of carbonyl (C=O) groups is 3. The molecule has 8 heterocycles. The van der Waals surface area contributed by atoms with Gasteiger partial charge in [0.1, 0.15) is 35.8 Å². The normalized spacial score (nSPS) is 57.2. The molecule has 13 nitrogen and oxygen atoms in total. The number of hydrogen-bond donors (Lipinski definition) is 4. The van der Waals surface area contributed by atoms with Crippen molar-refractivity contribution in [1.82, 2.24) is 10.2 Å². The third kappa shape index (κ3) is 4.99. The smallest absolute Gasteiger partial charge is 0.339 e. The molecule has 9 saturated carbocycles. The highest BCUT2D eigenvalue weighted by molar-refractivity contribution is 5.94. The van der Waals surface area contributed by atoms with E-state index >= 15 is 9.59 Å². The van der Waals surface area contributed by atoms with Crippen molar-refractivity contribution in [3.05, 3.63) is 47.6 Å². The molecule has 16 aliphatic rings.